The first-order valence-corrected chi connectivity index (χ1v) is 18.6. The minimum atomic E-state index is -2.73. The number of hydrogen-bond acceptors (Lipinski definition) is 2. The van der Waals surface area contributed by atoms with E-state index in [1.165, 1.54) is 96.8 Å². The van der Waals surface area contributed by atoms with Gasteiger partial charge in [0, 0.05) is 0 Å². The van der Waals surface area contributed by atoms with Crippen LogP contribution in [-0.4, -0.2) is 24.8 Å². The molecule has 150 valence electrons. The van der Waals surface area contributed by atoms with E-state index in [4.69, 9.17) is 3.07 Å². The van der Waals surface area contributed by atoms with E-state index in [-0.39, 0.29) is 5.97 Å². The van der Waals surface area contributed by atoms with Crippen LogP contribution >= 0.6 is 0 Å². The van der Waals surface area contributed by atoms with Gasteiger partial charge in [0.2, 0.25) is 0 Å². The fourth-order valence-electron chi connectivity index (χ4n) is 3.75. The van der Waals surface area contributed by atoms with Crippen LogP contribution in [0, 0.1) is 0 Å². The monoisotopic (exact) mass is 462 g/mol. The van der Waals surface area contributed by atoms with Gasteiger partial charge in [-0.15, -0.1) is 0 Å². The van der Waals surface area contributed by atoms with Gasteiger partial charge in [-0.05, 0) is 0 Å². The quantitative estimate of drug-likeness (QED) is 0.153. The first-order valence-electron chi connectivity index (χ1n) is 11.4. The Hall–Kier alpha value is 0.269. The molecule has 0 saturated carbocycles. The summed E-state index contributed by atoms with van der Waals surface area (Å²) in [6.07, 6.45) is 17.8. The van der Waals surface area contributed by atoms with Crippen molar-refractivity contribution in [1.29, 1.82) is 0 Å². The van der Waals surface area contributed by atoms with Crippen LogP contribution in [0.15, 0.2) is 0 Å². The molecule has 0 aliphatic carbocycles. The average Bonchev–Trinajstić information content (AvgIpc) is 2.61. The molecule has 0 fully saturated rings. The third kappa shape index (κ3) is 14.0. The van der Waals surface area contributed by atoms with Crippen molar-refractivity contribution in [1.82, 2.24) is 0 Å². The van der Waals surface area contributed by atoms with Gasteiger partial charge in [0.05, 0.1) is 0 Å². The molecule has 2 nitrogen and oxygen atoms in total. The second kappa shape index (κ2) is 17.7. The predicted molar refractivity (Wildman–Crippen MR) is 114 cm³/mol. The number of hydrogen-bond donors (Lipinski definition) is 0. The summed E-state index contributed by atoms with van der Waals surface area (Å²) in [6, 6.07) is 0. The van der Waals surface area contributed by atoms with E-state index in [9.17, 15) is 4.79 Å². The van der Waals surface area contributed by atoms with Crippen LogP contribution in [-0.2, 0) is 7.87 Å². The third-order valence-corrected chi connectivity index (χ3v) is 18.4. The van der Waals surface area contributed by atoms with E-state index in [0.717, 1.165) is 0 Å². The zero-order valence-corrected chi connectivity index (χ0v) is 20.7. The van der Waals surface area contributed by atoms with E-state index < -0.39 is 18.8 Å². The maximum atomic E-state index is 12.1. The molecule has 0 amide bonds. The van der Waals surface area contributed by atoms with Crippen LogP contribution in [0.25, 0.3) is 0 Å². The molecule has 0 radical (unpaired) electrons. The van der Waals surface area contributed by atoms with Crippen molar-refractivity contribution in [3.63, 3.8) is 0 Å². The molecule has 0 bridgehead atoms. The number of rotatable bonds is 18. The molecule has 0 unspecified atom stereocenters. The van der Waals surface area contributed by atoms with Crippen molar-refractivity contribution < 1.29 is 7.87 Å². The van der Waals surface area contributed by atoms with Crippen molar-refractivity contribution in [2.24, 2.45) is 0 Å². The van der Waals surface area contributed by atoms with Gasteiger partial charge in [-0.2, -0.15) is 0 Å². The molecule has 0 N–H and O–H groups in total. The van der Waals surface area contributed by atoms with Gasteiger partial charge in [0.25, 0.3) is 0 Å². The number of carbonyl (C=O) groups excluding carboxylic acids is 1. The molecule has 0 aromatic heterocycles. The molecule has 0 aromatic rings. The summed E-state index contributed by atoms with van der Waals surface area (Å²) in [4.78, 5) is 12.1. The van der Waals surface area contributed by atoms with Crippen molar-refractivity contribution in [3.05, 3.63) is 0 Å². The summed E-state index contributed by atoms with van der Waals surface area (Å²) < 4.78 is 10.0. The molecule has 0 heterocycles. The van der Waals surface area contributed by atoms with Crippen molar-refractivity contribution >= 4 is 24.8 Å². The Labute approximate surface area is 163 Å². The first kappa shape index (κ1) is 25.3. The van der Waals surface area contributed by atoms with Gasteiger partial charge in [-0.1, -0.05) is 0 Å². The molecule has 3 heteroatoms. The van der Waals surface area contributed by atoms with Crippen LogP contribution in [0.1, 0.15) is 118 Å². The first-order chi connectivity index (χ1) is 12.1. The van der Waals surface area contributed by atoms with Crippen LogP contribution in [0.4, 0.5) is 0 Å². The summed E-state index contributed by atoms with van der Waals surface area (Å²) in [6.45, 7) is 8.76. The van der Waals surface area contributed by atoms with Crippen molar-refractivity contribution in [2.45, 2.75) is 131 Å². The van der Waals surface area contributed by atoms with Gasteiger partial charge in [-0.25, -0.2) is 0 Å². The van der Waals surface area contributed by atoms with E-state index >= 15 is 0 Å². The Morgan fingerprint density at radius 2 is 1.04 bits per heavy atom. The van der Waals surface area contributed by atoms with Crippen molar-refractivity contribution in [2.75, 3.05) is 0 Å². The fourth-order valence-corrected chi connectivity index (χ4v) is 16.3. The van der Waals surface area contributed by atoms with E-state index in [1.54, 1.807) is 0 Å². The minimum absolute atomic E-state index is 0.0845. The van der Waals surface area contributed by atoms with E-state index in [2.05, 4.69) is 20.8 Å². The second-order valence-corrected chi connectivity index (χ2v) is 19.4. The molecule has 0 spiro atoms. The van der Waals surface area contributed by atoms with Crippen LogP contribution in [0.2, 0.25) is 13.3 Å². The number of unbranched alkanes of at least 4 members (excludes halogenated alkanes) is 10. The van der Waals surface area contributed by atoms with Crippen molar-refractivity contribution in [3.8, 4) is 0 Å². The summed E-state index contributed by atoms with van der Waals surface area (Å²) in [7, 11) is 0. The molecule has 0 aromatic carbocycles. The predicted octanol–water partition coefficient (Wildman–Crippen LogP) is 8.02. The standard InChI is InChI=1S/2C8H17.C3H6O2.C3H7.Sn/c2*1-3-5-7-8-6-4-2;1-2-3(4)5;1-3-2;/h2*1,3-8H2,2H3;2H2,1H3,(H,4,5);1,3H2,2H3;/q;;;;+1/p-1. The molecular weight excluding hydrogens is 415 g/mol. The maximum absolute atomic E-state index is 12.1. The van der Waals surface area contributed by atoms with E-state index in [0.29, 0.717) is 6.42 Å². The summed E-state index contributed by atoms with van der Waals surface area (Å²) >= 11 is -2.73. The molecule has 0 atom stereocenters. The SMILES string of the molecule is CCCCCCC[CH2][Sn]([CH2]CC)([CH2]CCCCCCC)[O]C(=O)CC. The Balaban J connectivity index is 4.44. The molecule has 0 aliphatic heterocycles. The zero-order chi connectivity index (χ0) is 18.8. The molecule has 0 saturated heterocycles. The normalized spacial score (nSPS) is 11.7. The summed E-state index contributed by atoms with van der Waals surface area (Å²) in [5, 5.41) is 0. The summed E-state index contributed by atoms with van der Waals surface area (Å²) in [5.74, 6) is 0.0845. The van der Waals surface area contributed by atoms with Gasteiger partial charge in [-0.3, -0.25) is 0 Å². The van der Waals surface area contributed by atoms with Gasteiger partial charge < -0.3 is 0 Å². The zero-order valence-electron chi connectivity index (χ0n) is 17.8. The fraction of sp³-hybridized carbons (Fsp3) is 0.955. The Morgan fingerprint density at radius 3 is 1.44 bits per heavy atom. The van der Waals surface area contributed by atoms with Gasteiger partial charge in [0.1, 0.15) is 0 Å². The van der Waals surface area contributed by atoms with Gasteiger partial charge in [0.15, 0.2) is 0 Å². The third-order valence-electron chi connectivity index (χ3n) is 5.30. The Morgan fingerprint density at radius 1 is 0.600 bits per heavy atom. The Kier molecular flexibility index (Phi) is 17.9. The van der Waals surface area contributed by atoms with Crippen LogP contribution in [0.5, 0.6) is 0 Å². The molecular formula is C22H46O2Sn. The van der Waals surface area contributed by atoms with Crippen LogP contribution in [0.3, 0.4) is 0 Å². The summed E-state index contributed by atoms with van der Waals surface area (Å²) in [5.41, 5.74) is 0. The molecule has 0 aliphatic rings. The van der Waals surface area contributed by atoms with Crippen LogP contribution < -0.4 is 0 Å². The Bertz CT molecular complexity index is 288. The van der Waals surface area contributed by atoms with E-state index in [1.807, 2.05) is 6.92 Å². The molecule has 0 rings (SSSR count). The van der Waals surface area contributed by atoms with Gasteiger partial charge >= 0.3 is 164 Å². The number of carbonyl (C=O) groups is 1. The average molecular weight is 461 g/mol. The molecule has 25 heavy (non-hydrogen) atoms. The topological polar surface area (TPSA) is 26.3 Å². The second-order valence-electron chi connectivity index (χ2n) is 7.80.